The normalized spacial score (nSPS) is 11.7. The summed E-state index contributed by atoms with van der Waals surface area (Å²) in [5.74, 6) is 0. The van der Waals surface area contributed by atoms with E-state index in [4.69, 9.17) is 4.98 Å². The van der Waals surface area contributed by atoms with Crippen LogP contribution in [0, 0.1) is 0 Å². The van der Waals surface area contributed by atoms with Gasteiger partial charge in [-0.25, -0.2) is 4.98 Å². The third kappa shape index (κ3) is 3.22. The standard InChI is InChI=1S/C35H22N2S/c1-3-11-23(12-4-1)25-19-26(24-13-5-2-6-14-24)21-27(20-25)37-30-17-9-7-15-28(30)33-31(37)22-36-35-34(33)29-16-8-10-18-32(29)38-35/h1-22H. The zero-order valence-electron chi connectivity index (χ0n) is 20.5. The van der Waals surface area contributed by atoms with Gasteiger partial charge in [-0.05, 0) is 52.6 Å². The van der Waals surface area contributed by atoms with E-state index in [2.05, 4.69) is 138 Å². The Bertz CT molecular complexity index is 2060. The van der Waals surface area contributed by atoms with E-state index in [9.17, 15) is 0 Å². The summed E-state index contributed by atoms with van der Waals surface area (Å²) in [7, 11) is 0. The monoisotopic (exact) mass is 502 g/mol. The van der Waals surface area contributed by atoms with E-state index >= 15 is 0 Å². The lowest BCUT2D eigenvalue weighted by Gasteiger charge is -2.14. The number of hydrogen-bond donors (Lipinski definition) is 0. The Morgan fingerprint density at radius 2 is 1.11 bits per heavy atom. The summed E-state index contributed by atoms with van der Waals surface area (Å²) < 4.78 is 3.67. The molecule has 0 spiro atoms. The fourth-order valence-electron chi connectivity index (χ4n) is 5.74. The van der Waals surface area contributed by atoms with Gasteiger partial charge in [-0.1, -0.05) is 97.1 Å². The second-order valence-corrected chi connectivity index (χ2v) is 10.7. The second kappa shape index (κ2) is 8.41. The van der Waals surface area contributed by atoms with Crippen molar-refractivity contribution in [3.8, 4) is 27.9 Å². The molecule has 0 radical (unpaired) electrons. The fourth-order valence-corrected chi connectivity index (χ4v) is 6.80. The second-order valence-electron chi connectivity index (χ2n) is 9.65. The van der Waals surface area contributed by atoms with Crippen molar-refractivity contribution in [2.45, 2.75) is 0 Å². The SMILES string of the molecule is c1ccc(-c2cc(-c3ccccc3)cc(-n3c4ccccc4c4c5c(ncc43)sc3ccccc35)c2)cc1. The molecular weight excluding hydrogens is 480 g/mol. The lowest BCUT2D eigenvalue weighted by Crippen LogP contribution is -1.96. The van der Waals surface area contributed by atoms with Gasteiger partial charge in [0.05, 0.1) is 17.2 Å². The quantitative estimate of drug-likeness (QED) is 0.235. The molecule has 0 N–H and O–H groups in total. The summed E-state index contributed by atoms with van der Waals surface area (Å²) in [5.41, 5.74) is 8.26. The van der Waals surface area contributed by atoms with Crippen LogP contribution in [0.15, 0.2) is 134 Å². The molecule has 3 aromatic heterocycles. The molecule has 0 fully saturated rings. The molecule has 0 saturated carbocycles. The van der Waals surface area contributed by atoms with Crippen LogP contribution in [0.1, 0.15) is 0 Å². The summed E-state index contributed by atoms with van der Waals surface area (Å²) in [6, 6.07) is 45.6. The highest BCUT2D eigenvalue weighted by Gasteiger charge is 2.19. The largest absolute Gasteiger partial charge is 0.308 e. The Morgan fingerprint density at radius 3 is 1.82 bits per heavy atom. The van der Waals surface area contributed by atoms with Crippen LogP contribution in [0.5, 0.6) is 0 Å². The van der Waals surface area contributed by atoms with E-state index in [0.717, 1.165) is 16.0 Å². The summed E-state index contributed by atoms with van der Waals surface area (Å²) >= 11 is 1.77. The van der Waals surface area contributed by atoms with Gasteiger partial charge < -0.3 is 4.57 Å². The van der Waals surface area contributed by atoms with Crippen molar-refractivity contribution in [2.24, 2.45) is 0 Å². The summed E-state index contributed by atoms with van der Waals surface area (Å²) in [5, 5.41) is 5.05. The van der Waals surface area contributed by atoms with Gasteiger partial charge >= 0.3 is 0 Å². The van der Waals surface area contributed by atoms with E-state index in [1.54, 1.807) is 11.3 Å². The van der Waals surface area contributed by atoms with Gasteiger partial charge in [-0.3, -0.25) is 0 Å². The van der Waals surface area contributed by atoms with Crippen molar-refractivity contribution in [2.75, 3.05) is 0 Å². The minimum absolute atomic E-state index is 1.09. The molecular formula is C35H22N2S. The number of aromatic nitrogens is 2. The lowest BCUT2D eigenvalue weighted by molar-refractivity contribution is 1.17. The number of pyridine rings is 1. The number of rotatable bonds is 3. The van der Waals surface area contributed by atoms with Gasteiger partial charge in [0.2, 0.25) is 0 Å². The molecule has 0 bridgehead atoms. The number of fused-ring (bicyclic) bond motifs is 7. The van der Waals surface area contributed by atoms with Gasteiger partial charge in [-0.2, -0.15) is 0 Å². The van der Waals surface area contributed by atoms with Crippen LogP contribution in [0.3, 0.4) is 0 Å². The number of thiophene rings is 1. The van der Waals surface area contributed by atoms with E-state index in [0.29, 0.717) is 0 Å². The van der Waals surface area contributed by atoms with Crippen LogP contribution in [0.25, 0.3) is 70.0 Å². The number of para-hydroxylation sites is 1. The van der Waals surface area contributed by atoms with Gasteiger partial charge in [0.25, 0.3) is 0 Å². The predicted octanol–water partition coefficient (Wildman–Crippen LogP) is 9.88. The molecule has 8 rings (SSSR count). The third-order valence-corrected chi connectivity index (χ3v) is 8.51. The average Bonchev–Trinajstić information content (AvgIpc) is 3.53. The van der Waals surface area contributed by atoms with Gasteiger partial charge in [0.15, 0.2) is 0 Å². The van der Waals surface area contributed by atoms with Crippen LogP contribution >= 0.6 is 11.3 Å². The molecule has 0 aliphatic heterocycles. The van der Waals surface area contributed by atoms with E-state index in [-0.39, 0.29) is 0 Å². The highest BCUT2D eigenvalue weighted by Crippen LogP contribution is 2.43. The molecule has 3 heterocycles. The Kier molecular flexibility index (Phi) is 4.73. The first-order valence-corrected chi connectivity index (χ1v) is 13.6. The molecule has 0 unspecified atom stereocenters. The minimum Gasteiger partial charge on any atom is -0.308 e. The topological polar surface area (TPSA) is 17.8 Å². The zero-order valence-corrected chi connectivity index (χ0v) is 21.3. The van der Waals surface area contributed by atoms with Crippen molar-refractivity contribution in [1.29, 1.82) is 0 Å². The number of hydrogen-bond acceptors (Lipinski definition) is 2. The molecule has 0 aliphatic carbocycles. The number of benzene rings is 5. The summed E-state index contributed by atoms with van der Waals surface area (Å²) in [6.45, 7) is 0. The molecule has 0 amide bonds. The predicted molar refractivity (Wildman–Crippen MR) is 162 cm³/mol. The maximum Gasteiger partial charge on any atom is 0.125 e. The lowest BCUT2D eigenvalue weighted by atomic mass is 9.98. The van der Waals surface area contributed by atoms with Crippen molar-refractivity contribution in [3.63, 3.8) is 0 Å². The van der Waals surface area contributed by atoms with Crippen LogP contribution in [-0.2, 0) is 0 Å². The molecule has 8 aromatic rings. The number of nitrogens with zero attached hydrogens (tertiary/aromatic N) is 2. The average molecular weight is 503 g/mol. The highest BCUT2D eigenvalue weighted by molar-refractivity contribution is 7.25. The Morgan fingerprint density at radius 1 is 0.500 bits per heavy atom. The first-order valence-electron chi connectivity index (χ1n) is 12.8. The van der Waals surface area contributed by atoms with Gasteiger partial charge in [0.1, 0.15) is 4.83 Å². The van der Waals surface area contributed by atoms with Crippen LogP contribution in [0.2, 0.25) is 0 Å². The fraction of sp³-hybridized carbons (Fsp3) is 0. The van der Waals surface area contributed by atoms with Crippen LogP contribution in [0.4, 0.5) is 0 Å². The van der Waals surface area contributed by atoms with Crippen LogP contribution < -0.4 is 0 Å². The zero-order chi connectivity index (χ0) is 25.1. The Balaban J connectivity index is 1.51. The molecule has 38 heavy (non-hydrogen) atoms. The molecule has 178 valence electrons. The van der Waals surface area contributed by atoms with Crippen molar-refractivity contribution < 1.29 is 0 Å². The highest BCUT2D eigenvalue weighted by atomic mass is 32.1. The summed E-state index contributed by atoms with van der Waals surface area (Å²) in [4.78, 5) is 6.07. The van der Waals surface area contributed by atoms with Crippen molar-refractivity contribution >= 4 is 53.4 Å². The minimum atomic E-state index is 1.09. The van der Waals surface area contributed by atoms with Gasteiger partial charge in [0, 0.05) is 31.9 Å². The Hall–Kier alpha value is -4.73. The molecule has 2 nitrogen and oxygen atoms in total. The van der Waals surface area contributed by atoms with Gasteiger partial charge in [-0.15, -0.1) is 11.3 Å². The molecule has 0 aliphatic rings. The van der Waals surface area contributed by atoms with Crippen molar-refractivity contribution in [3.05, 3.63) is 134 Å². The Labute approximate surface area is 224 Å². The first-order chi connectivity index (χ1) is 18.8. The maximum atomic E-state index is 4.99. The molecule has 3 heteroatoms. The maximum absolute atomic E-state index is 4.99. The molecule has 0 atom stereocenters. The van der Waals surface area contributed by atoms with E-state index in [1.807, 2.05) is 0 Å². The third-order valence-electron chi connectivity index (χ3n) is 7.43. The first kappa shape index (κ1) is 21.4. The van der Waals surface area contributed by atoms with E-state index in [1.165, 1.54) is 54.0 Å². The smallest absolute Gasteiger partial charge is 0.125 e. The molecule has 0 saturated heterocycles. The summed E-state index contributed by atoms with van der Waals surface area (Å²) in [6.07, 6.45) is 2.06. The molecule has 5 aromatic carbocycles. The van der Waals surface area contributed by atoms with Crippen molar-refractivity contribution in [1.82, 2.24) is 9.55 Å². The van der Waals surface area contributed by atoms with E-state index < -0.39 is 0 Å². The van der Waals surface area contributed by atoms with Crippen LogP contribution in [-0.4, -0.2) is 9.55 Å².